The van der Waals surface area contributed by atoms with Crippen LogP contribution in [0.15, 0.2) is 228 Å². The van der Waals surface area contributed by atoms with Gasteiger partial charge in [-0.05, 0) is 162 Å². The molecular formula is C90H94Br4N14O8. The first kappa shape index (κ1) is 83.5. The van der Waals surface area contributed by atoms with Crippen LogP contribution in [0.5, 0.6) is 23.5 Å². The van der Waals surface area contributed by atoms with E-state index in [1.165, 1.54) is 25.7 Å². The summed E-state index contributed by atoms with van der Waals surface area (Å²) in [6.07, 6.45) is 9.00. The van der Waals surface area contributed by atoms with Crippen LogP contribution in [0.4, 0.5) is 22.7 Å². The SMILES string of the molecule is CC(C)CCO/N=C1/C(c2c(O)[nH]c3ccc(Br)cc23)=Nc2ccccc21.CCCC(CCC)CCO/N=C1/C(c2c(O)[nH]c3ccc(Br)cc23)=Nc2ccccc21.CCCN(CCC)CCO/N=C1/C(c2c(O)[nH]c3ccc(Br)cc23)=Nc2ccccc21.CN(C)CCO/N=C1/C(c2c(O)[nH]c3ccc(Br)cc23)=Nc2ccccc21. The number of aromatic nitrogens is 4. The summed E-state index contributed by atoms with van der Waals surface area (Å²) in [6, 6.07) is 54.6. The Labute approximate surface area is 707 Å². The molecule has 0 fully saturated rings. The molecule has 116 heavy (non-hydrogen) atoms. The maximum atomic E-state index is 10.7. The molecule has 4 aliphatic heterocycles. The Balaban J connectivity index is 0.000000135. The van der Waals surface area contributed by atoms with Crippen molar-refractivity contribution in [2.24, 2.45) is 52.4 Å². The topological polar surface area (TPSA) is 286 Å². The zero-order valence-corrected chi connectivity index (χ0v) is 72.4. The molecule has 0 bridgehead atoms. The number of nitrogens with zero attached hydrogens (tertiary/aromatic N) is 10. The predicted molar refractivity (Wildman–Crippen MR) is 484 cm³/mol. The van der Waals surface area contributed by atoms with Crippen LogP contribution in [-0.2, 0) is 19.4 Å². The Morgan fingerprint density at radius 1 is 0.353 bits per heavy atom. The number of fused-ring (bicyclic) bond motifs is 8. The molecule has 600 valence electrons. The quantitative estimate of drug-likeness (QED) is 0.0169. The van der Waals surface area contributed by atoms with Crippen molar-refractivity contribution in [2.75, 3.05) is 66.7 Å². The van der Waals surface area contributed by atoms with Gasteiger partial charge >= 0.3 is 0 Å². The number of halogens is 4. The zero-order valence-electron chi connectivity index (χ0n) is 66.0. The number of nitrogens with one attached hydrogen (secondary N) is 4. The highest BCUT2D eigenvalue weighted by atomic mass is 79.9. The fourth-order valence-electron chi connectivity index (χ4n) is 14.5. The molecule has 0 saturated heterocycles. The van der Waals surface area contributed by atoms with E-state index in [0.717, 1.165) is 158 Å². The second kappa shape index (κ2) is 39.0. The van der Waals surface area contributed by atoms with Gasteiger partial charge in [-0.3, -0.25) is 4.90 Å². The first-order valence-corrected chi connectivity index (χ1v) is 42.4. The monoisotopic (exact) mass is 1810 g/mol. The van der Waals surface area contributed by atoms with E-state index >= 15 is 0 Å². The second-order valence-corrected chi connectivity index (χ2v) is 32.9. The highest BCUT2D eigenvalue weighted by molar-refractivity contribution is 9.11. The highest BCUT2D eigenvalue weighted by Gasteiger charge is 2.34. The fraction of sp³-hybridized carbons (Fsp3) is 0.289. The number of H-pyrrole nitrogens is 4. The van der Waals surface area contributed by atoms with E-state index in [9.17, 15) is 20.4 Å². The van der Waals surface area contributed by atoms with Gasteiger partial charge in [-0.2, -0.15) is 0 Å². The van der Waals surface area contributed by atoms with Gasteiger partial charge in [0, 0.05) is 96.8 Å². The highest BCUT2D eigenvalue weighted by Crippen LogP contribution is 2.42. The maximum absolute atomic E-state index is 10.7. The lowest BCUT2D eigenvalue weighted by atomic mass is 9.95. The number of hydrogen-bond acceptors (Lipinski definition) is 18. The van der Waals surface area contributed by atoms with Crippen LogP contribution in [0.3, 0.4) is 0 Å². The van der Waals surface area contributed by atoms with E-state index < -0.39 is 0 Å². The smallest absolute Gasteiger partial charge is 0.199 e. The maximum Gasteiger partial charge on any atom is 0.199 e. The lowest BCUT2D eigenvalue weighted by molar-refractivity contribution is 0.111. The van der Waals surface area contributed by atoms with Crippen molar-refractivity contribution in [3.8, 4) is 23.5 Å². The molecule has 22 nitrogen and oxygen atoms in total. The van der Waals surface area contributed by atoms with Gasteiger partial charge in [0.15, 0.2) is 23.5 Å². The summed E-state index contributed by atoms with van der Waals surface area (Å²) in [5.74, 6) is 1.52. The largest absolute Gasteiger partial charge is 0.494 e. The Morgan fingerprint density at radius 2 is 0.638 bits per heavy atom. The van der Waals surface area contributed by atoms with Gasteiger partial charge in [-0.1, -0.05) is 224 Å². The number of hydrogen-bond donors (Lipinski definition) is 8. The van der Waals surface area contributed by atoms with Gasteiger partial charge in [-0.15, -0.1) is 0 Å². The molecule has 0 spiro atoms. The molecule has 0 aliphatic carbocycles. The molecule has 0 radical (unpaired) electrons. The Bertz CT molecular complexity index is 5450. The number of aliphatic imine (C=N–C) groups is 4. The fourth-order valence-corrected chi connectivity index (χ4v) is 15.9. The van der Waals surface area contributed by atoms with Gasteiger partial charge in [-0.25, -0.2) is 20.0 Å². The van der Waals surface area contributed by atoms with E-state index in [4.69, 9.17) is 39.3 Å². The summed E-state index contributed by atoms with van der Waals surface area (Å²) in [4.78, 5) is 58.3. The van der Waals surface area contributed by atoms with Crippen molar-refractivity contribution < 1.29 is 39.8 Å². The van der Waals surface area contributed by atoms with Crippen molar-refractivity contribution in [1.29, 1.82) is 0 Å². The third-order valence-electron chi connectivity index (χ3n) is 20.0. The van der Waals surface area contributed by atoms with Crippen LogP contribution in [-0.4, -0.2) is 163 Å². The standard InChI is InChI=1S/C25H28BrN3O2.C24H27BrN4O2.C21H20BrN3O2.C20H19BrN4O2/c1-3-7-16(8-4-2)13-14-31-29-23-18-9-5-6-10-20(18)27-24(23)22-19-15-17(26)11-12-21(19)28-25(22)30;1-3-11-29(12-4-2)13-14-31-28-22-17-7-5-6-8-19(17)26-23(22)21-18-15-16(25)9-10-20(18)27-24(21)30;1-12(2)9-10-27-25-19-14-5-3-4-6-16(14)23-20(19)18-15-11-13(22)7-8-17(15)24-21(18)26;1-25(2)9-10-27-24-18-13-5-3-4-6-15(13)22-19(18)17-14-11-12(21)7-8-16(14)23-20(17)26/h5-6,9-12,15-16,28,30H,3-4,7-8,13-14H2,1-2H3;5-10,15,27,30H,3-4,11-14H2,1-2H3;3-8,11-12,24,26H,9-10H2,1-2H3;3-8,11,23,26H,9-10H2,1-2H3/b29-23+;28-22+;25-19+;24-18+. The molecule has 16 rings (SSSR count). The third-order valence-corrected chi connectivity index (χ3v) is 22.0. The van der Waals surface area contributed by atoms with Crippen molar-refractivity contribution in [3.63, 3.8) is 0 Å². The van der Waals surface area contributed by atoms with Crippen molar-refractivity contribution in [1.82, 2.24) is 29.7 Å². The molecule has 0 unspecified atom stereocenters. The summed E-state index contributed by atoms with van der Waals surface area (Å²) in [5.41, 5.74) is 17.8. The zero-order chi connectivity index (χ0) is 81.5. The van der Waals surface area contributed by atoms with Crippen LogP contribution in [0.1, 0.15) is 137 Å². The Hall–Kier alpha value is -10.5. The van der Waals surface area contributed by atoms with Crippen molar-refractivity contribution >= 4 is 176 Å². The molecule has 8 N–H and O–H groups in total. The van der Waals surface area contributed by atoms with Crippen molar-refractivity contribution in [3.05, 3.63) is 232 Å². The molecule has 12 aromatic rings. The summed E-state index contributed by atoms with van der Waals surface area (Å²) < 4.78 is 3.71. The number of oxime groups is 4. The number of aromatic amines is 4. The van der Waals surface area contributed by atoms with Crippen LogP contribution >= 0.6 is 63.7 Å². The molecule has 4 aliphatic rings. The van der Waals surface area contributed by atoms with Crippen LogP contribution in [0.25, 0.3) is 43.6 Å². The van der Waals surface area contributed by atoms with Crippen LogP contribution < -0.4 is 0 Å². The Kier molecular flexibility index (Phi) is 28.0. The van der Waals surface area contributed by atoms with E-state index in [0.29, 0.717) is 106 Å². The normalized spacial score (nSPS) is 14.6. The average Bonchev–Trinajstić information content (AvgIpc) is 1.62. The van der Waals surface area contributed by atoms with Crippen LogP contribution in [0, 0.1) is 11.8 Å². The van der Waals surface area contributed by atoms with Crippen molar-refractivity contribution in [2.45, 2.75) is 92.9 Å². The minimum atomic E-state index is 0.0654. The summed E-state index contributed by atoms with van der Waals surface area (Å²) in [5, 5.41) is 63.8. The molecule has 26 heteroatoms. The minimum Gasteiger partial charge on any atom is -0.494 e. The summed E-state index contributed by atoms with van der Waals surface area (Å²) >= 11 is 14.1. The van der Waals surface area contributed by atoms with Gasteiger partial charge in [0.2, 0.25) is 0 Å². The van der Waals surface area contributed by atoms with E-state index in [-0.39, 0.29) is 23.5 Å². The predicted octanol–water partition coefficient (Wildman–Crippen LogP) is 22.3. The lowest BCUT2D eigenvalue weighted by Crippen LogP contribution is -2.29. The van der Waals surface area contributed by atoms with Gasteiger partial charge in [0.05, 0.1) is 45.0 Å². The van der Waals surface area contributed by atoms with E-state index in [1.54, 1.807) is 0 Å². The van der Waals surface area contributed by atoms with Crippen LogP contribution in [0.2, 0.25) is 0 Å². The molecule has 0 amide bonds. The van der Waals surface area contributed by atoms with Gasteiger partial charge < -0.3 is 64.6 Å². The average molecular weight is 1820 g/mol. The summed E-state index contributed by atoms with van der Waals surface area (Å²) in [7, 11) is 3.96. The van der Waals surface area contributed by atoms with E-state index in [1.807, 2.05) is 189 Å². The van der Waals surface area contributed by atoms with Gasteiger partial charge in [0.1, 0.15) is 72.1 Å². The number of rotatable bonds is 28. The molecule has 8 heterocycles. The lowest BCUT2D eigenvalue weighted by Gasteiger charge is -2.19. The Morgan fingerprint density at radius 3 is 0.922 bits per heavy atom. The molecular weight excluding hydrogens is 1720 g/mol. The third kappa shape index (κ3) is 19.3. The number of aromatic hydroxyl groups is 4. The minimum absolute atomic E-state index is 0.0654. The first-order chi connectivity index (χ1) is 56.3. The number of benzene rings is 8. The molecule has 8 aromatic carbocycles. The molecule has 0 atom stereocenters. The number of para-hydroxylation sites is 4. The number of likely N-dealkylation sites (N-methyl/N-ethyl adjacent to an activating group) is 1. The first-order valence-electron chi connectivity index (χ1n) is 39.3. The van der Waals surface area contributed by atoms with E-state index in [2.05, 4.69) is 151 Å². The van der Waals surface area contributed by atoms with Gasteiger partial charge in [0.25, 0.3) is 0 Å². The molecule has 0 saturated carbocycles. The molecule has 4 aromatic heterocycles. The summed E-state index contributed by atoms with van der Waals surface area (Å²) in [6.45, 7) is 18.9. The second-order valence-electron chi connectivity index (χ2n) is 29.2.